The summed E-state index contributed by atoms with van der Waals surface area (Å²) in [6, 6.07) is 31.1. The van der Waals surface area contributed by atoms with E-state index in [1.807, 2.05) is 79.7 Å². The molecule has 0 atom stereocenters. The molecule has 0 bridgehead atoms. The minimum Gasteiger partial charge on any atom is -0.340 e. The molecule has 4 nitrogen and oxygen atoms in total. The molecule has 0 fully saturated rings. The average molecular weight is 451 g/mol. The summed E-state index contributed by atoms with van der Waals surface area (Å²) in [4.78, 5) is 3.71. The van der Waals surface area contributed by atoms with E-state index in [1.165, 1.54) is 9.87 Å². The first-order valence-electron chi connectivity index (χ1n) is 10.9. The van der Waals surface area contributed by atoms with Crippen LogP contribution in [-0.2, 0) is 16.4 Å². The molecule has 0 radical (unpaired) electrons. The number of para-hydroxylation sites is 2. The molecule has 5 heteroatoms. The number of fused-ring (bicyclic) bond motifs is 6. The monoisotopic (exact) mass is 450 g/mol. The largest absolute Gasteiger partial charge is 0.340 e. The van der Waals surface area contributed by atoms with E-state index >= 15 is 0 Å². The zero-order valence-electron chi connectivity index (χ0n) is 18.1. The number of aryl methyl sites for hydroxylation is 1. The first-order chi connectivity index (χ1) is 16.0. The molecule has 33 heavy (non-hydrogen) atoms. The van der Waals surface area contributed by atoms with Crippen LogP contribution >= 0.6 is 0 Å². The molecule has 2 heterocycles. The fraction of sp³-hybridized carbons (Fsp3) is 0.0714. The lowest BCUT2D eigenvalue weighted by Crippen LogP contribution is -2.28. The Morgan fingerprint density at radius 1 is 0.758 bits per heavy atom. The summed E-state index contributed by atoms with van der Waals surface area (Å²) < 4.78 is 29.9. The van der Waals surface area contributed by atoms with Gasteiger partial charge in [-0.2, -0.15) is 0 Å². The summed E-state index contributed by atoms with van der Waals surface area (Å²) in [5, 5.41) is 1.00. The summed E-state index contributed by atoms with van der Waals surface area (Å²) in [7, 11) is -3.89. The fourth-order valence-electron chi connectivity index (χ4n) is 4.72. The SMILES string of the molecule is Cc1ccc(S(=O)(=O)N2c3ccccc3Cc3ccccc3-c3c2[nH]c2ccccc32)cc1. The Kier molecular flexibility index (Phi) is 4.42. The number of aromatic amines is 1. The minimum absolute atomic E-state index is 0.265. The van der Waals surface area contributed by atoms with Crippen LogP contribution in [0.25, 0.3) is 22.0 Å². The molecule has 1 aliphatic heterocycles. The number of hydrogen-bond acceptors (Lipinski definition) is 2. The smallest absolute Gasteiger partial charge is 0.269 e. The lowest BCUT2D eigenvalue weighted by molar-refractivity contribution is 0.596. The number of sulfonamides is 1. The predicted molar refractivity (Wildman–Crippen MR) is 133 cm³/mol. The molecular formula is C28H22N2O2S. The Labute approximate surface area is 193 Å². The second kappa shape index (κ2) is 7.36. The number of nitrogens with zero attached hydrogens (tertiary/aromatic N) is 1. The Balaban J connectivity index is 1.75. The topological polar surface area (TPSA) is 53.2 Å². The van der Waals surface area contributed by atoms with Gasteiger partial charge in [-0.3, -0.25) is 0 Å². The lowest BCUT2D eigenvalue weighted by Gasteiger charge is -2.29. The van der Waals surface area contributed by atoms with E-state index in [0.29, 0.717) is 17.9 Å². The molecule has 4 aromatic carbocycles. The van der Waals surface area contributed by atoms with Crippen molar-refractivity contribution in [2.24, 2.45) is 0 Å². The van der Waals surface area contributed by atoms with Gasteiger partial charge in [0.25, 0.3) is 10.0 Å². The van der Waals surface area contributed by atoms with Crippen LogP contribution in [0.5, 0.6) is 0 Å². The van der Waals surface area contributed by atoms with Crippen LogP contribution in [0.4, 0.5) is 11.5 Å². The molecule has 162 valence electrons. The zero-order valence-corrected chi connectivity index (χ0v) is 18.9. The van der Waals surface area contributed by atoms with Gasteiger partial charge < -0.3 is 4.98 Å². The summed E-state index contributed by atoms with van der Waals surface area (Å²) in [5.74, 6) is 0.566. The van der Waals surface area contributed by atoms with E-state index in [-0.39, 0.29) is 4.90 Å². The average Bonchev–Trinajstić information content (AvgIpc) is 3.18. The molecule has 0 saturated heterocycles. The molecular weight excluding hydrogens is 428 g/mol. The molecule has 1 aromatic heterocycles. The van der Waals surface area contributed by atoms with Gasteiger partial charge >= 0.3 is 0 Å². The molecule has 0 saturated carbocycles. The van der Waals surface area contributed by atoms with Crippen molar-refractivity contribution in [3.05, 3.63) is 114 Å². The van der Waals surface area contributed by atoms with Crippen molar-refractivity contribution >= 4 is 32.4 Å². The molecule has 5 aromatic rings. The van der Waals surface area contributed by atoms with Crippen LogP contribution in [0.15, 0.2) is 102 Å². The highest BCUT2D eigenvalue weighted by atomic mass is 32.2. The second-order valence-electron chi connectivity index (χ2n) is 8.44. The third-order valence-electron chi connectivity index (χ3n) is 6.33. The summed E-state index contributed by atoms with van der Waals surface area (Å²) in [6.07, 6.45) is 0.644. The van der Waals surface area contributed by atoms with Gasteiger partial charge in [-0.1, -0.05) is 78.4 Å². The van der Waals surface area contributed by atoms with Gasteiger partial charge in [0, 0.05) is 22.9 Å². The molecule has 6 rings (SSSR count). The molecule has 0 aliphatic carbocycles. The molecule has 0 amide bonds. The van der Waals surface area contributed by atoms with E-state index in [4.69, 9.17) is 0 Å². The number of rotatable bonds is 2. The zero-order chi connectivity index (χ0) is 22.6. The van der Waals surface area contributed by atoms with Crippen molar-refractivity contribution in [2.45, 2.75) is 18.2 Å². The Hall–Kier alpha value is -3.83. The molecule has 1 N–H and O–H groups in total. The van der Waals surface area contributed by atoms with Crippen molar-refractivity contribution in [3.8, 4) is 11.1 Å². The summed E-state index contributed by atoms with van der Waals surface area (Å²) >= 11 is 0. The van der Waals surface area contributed by atoms with E-state index in [2.05, 4.69) is 17.1 Å². The maximum atomic E-state index is 14.2. The van der Waals surface area contributed by atoms with Crippen molar-refractivity contribution < 1.29 is 8.42 Å². The Morgan fingerprint density at radius 3 is 2.24 bits per heavy atom. The second-order valence-corrected chi connectivity index (χ2v) is 10.2. The maximum absolute atomic E-state index is 14.2. The fourth-order valence-corrected chi connectivity index (χ4v) is 6.23. The summed E-state index contributed by atoms with van der Waals surface area (Å²) in [5.41, 5.74) is 6.67. The first-order valence-corrected chi connectivity index (χ1v) is 12.4. The van der Waals surface area contributed by atoms with Crippen molar-refractivity contribution in [2.75, 3.05) is 4.31 Å². The number of benzene rings is 4. The van der Waals surface area contributed by atoms with E-state index in [1.54, 1.807) is 12.1 Å². The highest BCUT2D eigenvalue weighted by molar-refractivity contribution is 7.93. The summed E-state index contributed by atoms with van der Waals surface area (Å²) in [6.45, 7) is 1.95. The number of hydrogen-bond donors (Lipinski definition) is 1. The van der Waals surface area contributed by atoms with Crippen molar-refractivity contribution in [3.63, 3.8) is 0 Å². The number of anilines is 2. The van der Waals surface area contributed by atoms with Gasteiger partial charge in [0.2, 0.25) is 0 Å². The van der Waals surface area contributed by atoms with E-state index < -0.39 is 10.0 Å². The van der Waals surface area contributed by atoms with Gasteiger partial charge in [-0.25, -0.2) is 12.7 Å². The van der Waals surface area contributed by atoms with Gasteiger partial charge in [0.1, 0.15) is 5.82 Å². The normalized spacial score (nSPS) is 13.1. The van der Waals surface area contributed by atoms with Crippen molar-refractivity contribution in [1.82, 2.24) is 4.98 Å². The number of aromatic nitrogens is 1. The first kappa shape index (κ1) is 19.8. The van der Waals surface area contributed by atoms with Gasteiger partial charge in [-0.15, -0.1) is 0 Å². The van der Waals surface area contributed by atoms with Crippen LogP contribution in [0.2, 0.25) is 0 Å². The van der Waals surface area contributed by atoms with Gasteiger partial charge in [0.05, 0.1) is 10.6 Å². The highest BCUT2D eigenvalue weighted by Crippen LogP contribution is 2.47. The quantitative estimate of drug-likeness (QED) is 0.330. The molecule has 0 unspecified atom stereocenters. The van der Waals surface area contributed by atoms with Crippen LogP contribution in [0.1, 0.15) is 16.7 Å². The minimum atomic E-state index is -3.89. The third-order valence-corrected chi connectivity index (χ3v) is 8.05. The molecule has 0 spiro atoms. The van der Waals surface area contributed by atoms with Crippen molar-refractivity contribution in [1.29, 1.82) is 0 Å². The van der Waals surface area contributed by atoms with Crippen LogP contribution in [0.3, 0.4) is 0 Å². The number of nitrogens with one attached hydrogen (secondary N) is 1. The number of H-pyrrole nitrogens is 1. The maximum Gasteiger partial charge on any atom is 0.269 e. The van der Waals surface area contributed by atoms with Crippen LogP contribution < -0.4 is 4.31 Å². The lowest BCUT2D eigenvalue weighted by atomic mass is 9.92. The van der Waals surface area contributed by atoms with Gasteiger partial charge in [-0.05, 0) is 47.9 Å². The highest BCUT2D eigenvalue weighted by Gasteiger charge is 2.34. The van der Waals surface area contributed by atoms with E-state index in [9.17, 15) is 8.42 Å². The standard InChI is InChI=1S/C28H22N2O2S/c1-19-14-16-22(17-15-19)33(31,32)30-26-13-7-3-9-21(26)18-20-8-2-4-10-23(20)27-24-11-5-6-12-25(24)29-28(27)30/h2-17,29H,18H2,1H3. The Bertz CT molecular complexity index is 1620. The predicted octanol–water partition coefficient (Wildman–Crippen LogP) is 6.57. The Morgan fingerprint density at radius 2 is 1.42 bits per heavy atom. The third kappa shape index (κ3) is 3.08. The van der Waals surface area contributed by atoms with Crippen LogP contribution in [0, 0.1) is 6.92 Å². The molecule has 1 aliphatic rings. The van der Waals surface area contributed by atoms with Crippen LogP contribution in [-0.4, -0.2) is 13.4 Å². The van der Waals surface area contributed by atoms with Gasteiger partial charge in [0.15, 0.2) is 0 Å². The van der Waals surface area contributed by atoms with E-state index in [0.717, 1.165) is 33.2 Å².